The number of aryl methyl sites for hydroxylation is 1. The van der Waals surface area contributed by atoms with Gasteiger partial charge in [0.05, 0.1) is 47.9 Å². The van der Waals surface area contributed by atoms with Crippen LogP contribution in [-0.2, 0) is 29.7 Å². The van der Waals surface area contributed by atoms with Gasteiger partial charge in [0, 0.05) is 41.6 Å². The third-order valence-corrected chi connectivity index (χ3v) is 8.94. The summed E-state index contributed by atoms with van der Waals surface area (Å²) in [5.74, 6) is -1.03. The molecule has 1 amide bonds. The Morgan fingerprint density at radius 2 is 1.79 bits per heavy atom. The van der Waals surface area contributed by atoms with Gasteiger partial charge in [-0.1, -0.05) is 42.3 Å². The Morgan fingerprint density at radius 3 is 2.37 bits per heavy atom. The molecular formula is C31H30Cl2FN5O4. The first-order valence-electron chi connectivity index (χ1n) is 13.9. The van der Waals surface area contributed by atoms with Gasteiger partial charge in [0.1, 0.15) is 17.2 Å². The molecule has 2 aromatic carbocycles. The van der Waals surface area contributed by atoms with Crippen molar-refractivity contribution >= 4 is 29.1 Å². The molecule has 0 radical (unpaired) electrons. The molecule has 224 valence electrons. The average molecular weight is 627 g/mol. The molecular weight excluding hydrogens is 596 g/mol. The zero-order valence-corrected chi connectivity index (χ0v) is 25.1. The molecule has 0 saturated heterocycles. The Balaban J connectivity index is 1.57. The SMILES string of the molecule is CCC(O)(c1cc(F)c2c(c1)C(=O)N(Cc1ncc(Cl)cn1)[C@@]2(OCC1(CO)CC1)c1ccc(Cl)cc1)c1cn(C)cn1. The smallest absolute Gasteiger partial charge is 0.257 e. The van der Waals surface area contributed by atoms with Crippen LogP contribution < -0.4 is 0 Å². The molecule has 2 aromatic heterocycles. The lowest BCUT2D eigenvalue weighted by Crippen LogP contribution is -2.48. The van der Waals surface area contributed by atoms with Gasteiger partial charge in [-0.05, 0) is 49.1 Å². The number of fused-ring (bicyclic) bond motifs is 1. The van der Waals surface area contributed by atoms with Gasteiger partial charge in [0.25, 0.3) is 5.91 Å². The van der Waals surface area contributed by atoms with Crippen LogP contribution in [0.15, 0.2) is 61.3 Å². The van der Waals surface area contributed by atoms with Crippen LogP contribution in [-0.4, -0.2) is 53.8 Å². The summed E-state index contributed by atoms with van der Waals surface area (Å²) in [6.45, 7) is 1.56. The zero-order chi connectivity index (χ0) is 30.6. The van der Waals surface area contributed by atoms with Crippen molar-refractivity contribution < 1.29 is 24.1 Å². The summed E-state index contributed by atoms with van der Waals surface area (Å²) >= 11 is 12.3. The van der Waals surface area contributed by atoms with E-state index in [9.17, 15) is 15.0 Å². The van der Waals surface area contributed by atoms with E-state index in [1.165, 1.54) is 29.4 Å². The van der Waals surface area contributed by atoms with Crippen LogP contribution in [0.2, 0.25) is 10.0 Å². The van der Waals surface area contributed by atoms with E-state index in [2.05, 4.69) is 15.0 Å². The fourth-order valence-corrected chi connectivity index (χ4v) is 5.90. The molecule has 6 rings (SSSR count). The quantitative estimate of drug-likeness (QED) is 0.256. The fraction of sp³-hybridized carbons (Fsp3) is 0.355. The Kier molecular flexibility index (Phi) is 7.55. The number of ether oxygens (including phenoxy) is 1. The van der Waals surface area contributed by atoms with Crippen molar-refractivity contribution in [3.8, 4) is 0 Å². The van der Waals surface area contributed by atoms with Gasteiger partial charge in [-0.25, -0.2) is 19.3 Å². The fourth-order valence-electron chi connectivity index (χ4n) is 5.68. The highest BCUT2D eigenvalue weighted by Gasteiger charge is 2.57. The topological polar surface area (TPSA) is 114 Å². The van der Waals surface area contributed by atoms with Crippen molar-refractivity contribution in [1.29, 1.82) is 0 Å². The summed E-state index contributed by atoms with van der Waals surface area (Å²) < 4.78 is 25.1. The Morgan fingerprint density at radius 1 is 1.09 bits per heavy atom. The molecule has 1 fully saturated rings. The van der Waals surface area contributed by atoms with Gasteiger partial charge < -0.3 is 19.5 Å². The first-order chi connectivity index (χ1) is 20.5. The number of amides is 1. The molecule has 1 aliphatic heterocycles. The minimum Gasteiger partial charge on any atom is -0.396 e. The lowest BCUT2D eigenvalue weighted by Gasteiger charge is -2.40. The number of aliphatic hydroxyl groups is 2. The monoisotopic (exact) mass is 625 g/mol. The number of halogens is 3. The standard InChI is InChI=1S/C31H30Cl2FN5O4/c1-3-30(42,25-14-38(2)18-37-25)20-10-23-27(24(34)11-20)31(19-4-6-21(32)7-5-19,43-17-29(16-40)8-9-29)39(28(23)41)15-26-35-12-22(33)13-36-26/h4-7,10-14,18,40,42H,3,8-9,15-17H2,1-2H3/t30?,31-/m1/s1. The van der Waals surface area contributed by atoms with Crippen LogP contribution >= 0.6 is 23.2 Å². The van der Waals surface area contributed by atoms with Crippen LogP contribution in [0.1, 0.15) is 64.8 Å². The van der Waals surface area contributed by atoms with Crippen molar-refractivity contribution in [2.45, 2.75) is 44.1 Å². The Bertz CT molecular complexity index is 1680. The van der Waals surface area contributed by atoms with Crippen molar-refractivity contribution in [3.63, 3.8) is 0 Å². The predicted molar refractivity (Wildman–Crippen MR) is 157 cm³/mol. The third-order valence-electron chi connectivity index (χ3n) is 8.49. The predicted octanol–water partition coefficient (Wildman–Crippen LogP) is 4.95. The molecule has 0 bridgehead atoms. The number of nitrogens with zero attached hydrogens (tertiary/aromatic N) is 5. The number of carbonyl (C=O) groups excluding carboxylic acids is 1. The first kappa shape index (κ1) is 29.7. The molecule has 2 aliphatic rings. The highest BCUT2D eigenvalue weighted by Crippen LogP contribution is 2.52. The number of aromatic nitrogens is 4. The summed E-state index contributed by atoms with van der Waals surface area (Å²) in [7, 11) is 1.77. The number of hydrogen-bond acceptors (Lipinski definition) is 7. The maximum atomic E-state index is 16.7. The number of hydrogen-bond donors (Lipinski definition) is 2. The van der Waals surface area contributed by atoms with Crippen molar-refractivity contribution in [2.75, 3.05) is 13.2 Å². The van der Waals surface area contributed by atoms with Crippen molar-refractivity contribution in [1.82, 2.24) is 24.4 Å². The Hall–Kier alpha value is -3.41. The summed E-state index contributed by atoms with van der Waals surface area (Å²) in [6, 6.07) is 9.40. The van der Waals surface area contributed by atoms with E-state index in [0.29, 0.717) is 21.3 Å². The Labute approximate surface area is 257 Å². The maximum absolute atomic E-state index is 16.7. The number of rotatable bonds is 10. The number of carbonyl (C=O) groups is 1. The molecule has 12 heteroatoms. The lowest BCUT2D eigenvalue weighted by atomic mass is 9.84. The maximum Gasteiger partial charge on any atom is 0.257 e. The summed E-state index contributed by atoms with van der Waals surface area (Å²) in [4.78, 5) is 28.7. The third kappa shape index (κ3) is 5.01. The van der Waals surface area contributed by atoms with Gasteiger partial charge in [-0.2, -0.15) is 0 Å². The van der Waals surface area contributed by atoms with E-state index >= 15 is 4.39 Å². The van der Waals surface area contributed by atoms with Crippen LogP contribution in [0, 0.1) is 11.2 Å². The van der Waals surface area contributed by atoms with Gasteiger partial charge in [-0.3, -0.25) is 9.69 Å². The van der Waals surface area contributed by atoms with Crippen LogP contribution in [0.25, 0.3) is 0 Å². The van der Waals surface area contributed by atoms with Crippen molar-refractivity contribution in [3.05, 3.63) is 111 Å². The van der Waals surface area contributed by atoms with Gasteiger partial charge >= 0.3 is 0 Å². The highest BCUT2D eigenvalue weighted by molar-refractivity contribution is 6.30. The molecule has 0 spiro atoms. The summed E-state index contributed by atoms with van der Waals surface area (Å²) in [5.41, 5.74) is -2.94. The molecule has 9 nitrogen and oxygen atoms in total. The largest absolute Gasteiger partial charge is 0.396 e. The van der Waals surface area contributed by atoms with E-state index in [1.54, 1.807) is 55.3 Å². The molecule has 1 unspecified atom stereocenters. The second-order valence-electron chi connectivity index (χ2n) is 11.3. The van der Waals surface area contributed by atoms with Crippen molar-refractivity contribution in [2.24, 2.45) is 12.5 Å². The lowest BCUT2D eigenvalue weighted by molar-refractivity contribution is -0.131. The molecule has 1 saturated carbocycles. The molecule has 3 heterocycles. The highest BCUT2D eigenvalue weighted by atomic mass is 35.5. The minimum atomic E-state index is -1.76. The molecule has 1 aliphatic carbocycles. The van der Waals surface area contributed by atoms with Crippen LogP contribution in [0.3, 0.4) is 0 Å². The first-order valence-corrected chi connectivity index (χ1v) is 14.7. The number of benzene rings is 2. The van der Waals surface area contributed by atoms with Crippen LogP contribution in [0.5, 0.6) is 0 Å². The molecule has 2 N–H and O–H groups in total. The van der Waals surface area contributed by atoms with Gasteiger partial charge in [-0.15, -0.1) is 0 Å². The summed E-state index contributed by atoms with van der Waals surface area (Å²) in [5, 5.41) is 22.7. The van der Waals surface area contributed by atoms with Crippen LogP contribution in [0.4, 0.5) is 4.39 Å². The molecule has 2 atom stereocenters. The second kappa shape index (κ2) is 10.9. The van der Waals surface area contributed by atoms with E-state index in [1.807, 2.05) is 0 Å². The average Bonchev–Trinajstić information content (AvgIpc) is 3.59. The molecule has 4 aromatic rings. The summed E-state index contributed by atoms with van der Waals surface area (Å²) in [6.07, 6.45) is 7.68. The van der Waals surface area contributed by atoms with E-state index < -0.39 is 28.5 Å². The minimum absolute atomic E-state index is 0.00857. The van der Waals surface area contributed by atoms with E-state index in [-0.39, 0.29) is 48.7 Å². The van der Waals surface area contributed by atoms with E-state index in [0.717, 1.165) is 12.8 Å². The van der Waals surface area contributed by atoms with Gasteiger partial charge in [0.2, 0.25) is 0 Å². The number of aliphatic hydroxyl groups excluding tert-OH is 1. The van der Waals surface area contributed by atoms with Gasteiger partial charge in [0.15, 0.2) is 5.72 Å². The zero-order valence-electron chi connectivity index (χ0n) is 23.6. The second-order valence-corrected chi connectivity index (χ2v) is 12.2. The molecule has 43 heavy (non-hydrogen) atoms. The number of imidazole rings is 1. The normalized spacial score (nSPS) is 20.3. The van der Waals surface area contributed by atoms with E-state index in [4.69, 9.17) is 27.9 Å².